The van der Waals surface area contributed by atoms with Crippen molar-refractivity contribution in [3.8, 4) is 0 Å². The smallest absolute Gasteiger partial charge is 0.262 e. The summed E-state index contributed by atoms with van der Waals surface area (Å²) >= 11 is 0. The van der Waals surface area contributed by atoms with Crippen molar-refractivity contribution in [1.82, 2.24) is 14.5 Å². The van der Waals surface area contributed by atoms with E-state index in [1.165, 1.54) is 23.8 Å². The summed E-state index contributed by atoms with van der Waals surface area (Å²) in [4.78, 5) is 18.6. The average molecular weight is 322 g/mol. The number of nitrogens with one attached hydrogen (secondary N) is 1. The minimum atomic E-state index is -1.70. The summed E-state index contributed by atoms with van der Waals surface area (Å²) in [7, 11) is 0. The van der Waals surface area contributed by atoms with Crippen LogP contribution in [0.15, 0.2) is 17.6 Å². The van der Waals surface area contributed by atoms with E-state index in [4.69, 9.17) is 10.5 Å². The molecule has 2 aromatic rings. The van der Waals surface area contributed by atoms with Crippen LogP contribution in [0.25, 0.3) is 17.1 Å². The number of nitrogen functional groups attached to an aromatic ring is 1. The molecule has 23 heavy (non-hydrogen) atoms. The first kappa shape index (κ1) is 15.7. The van der Waals surface area contributed by atoms with Gasteiger partial charge in [-0.3, -0.25) is 9.78 Å². The van der Waals surface area contributed by atoms with E-state index >= 15 is 0 Å². The van der Waals surface area contributed by atoms with E-state index < -0.39 is 36.2 Å². The van der Waals surface area contributed by atoms with Gasteiger partial charge in [0, 0.05) is 11.8 Å². The molecular formula is C14H18N4O5. The molecule has 124 valence electrons. The predicted octanol–water partition coefficient (Wildman–Crippen LogP) is -1.05. The van der Waals surface area contributed by atoms with Gasteiger partial charge in [-0.05, 0) is 6.92 Å². The van der Waals surface area contributed by atoms with Crippen LogP contribution in [0.3, 0.4) is 0 Å². The Hall–Kier alpha value is -2.20. The zero-order chi connectivity index (χ0) is 16.9. The number of ether oxygens (including phenoxy) is 1. The Kier molecular flexibility index (Phi) is 3.52. The maximum Gasteiger partial charge on any atom is 0.262 e. The summed E-state index contributed by atoms with van der Waals surface area (Å²) in [6, 6.07) is 0. The molecule has 1 aliphatic heterocycles. The fourth-order valence-corrected chi connectivity index (χ4v) is 2.92. The molecule has 1 fully saturated rings. The van der Waals surface area contributed by atoms with E-state index in [2.05, 4.69) is 16.5 Å². The number of aromatic nitrogens is 3. The molecule has 0 saturated carbocycles. The van der Waals surface area contributed by atoms with Crippen LogP contribution in [-0.2, 0) is 4.74 Å². The summed E-state index contributed by atoms with van der Waals surface area (Å²) in [6.45, 7) is 4.57. The molecule has 1 saturated heterocycles. The molecule has 0 aliphatic carbocycles. The standard InChI is InChI=1S/C14H18N4O5/c1-3-6-4-18(10-8(6)11(21)17-13(15)16-10)12-14(2,22)9(20)7(5-19)23-12/h3-4,7,9,12,19-20,22H,1,5H2,2H3,(H3,15,16,17,21)/t7-,9-,12-,14-/m1/s1. The average Bonchev–Trinajstić information content (AvgIpc) is 2.95. The summed E-state index contributed by atoms with van der Waals surface area (Å²) < 4.78 is 6.97. The van der Waals surface area contributed by atoms with Gasteiger partial charge in [0.1, 0.15) is 17.8 Å². The largest absolute Gasteiger partial charge is 0.394 e. The second-order valence-electron chi connectivity index (χ2n) is 5.73. The number of nitrogens with zero attached hydrogens (tertiary/aromatic N) is 2. The van der Waals surface area contributed by atoms with Gasteiger partial charge in [-0.1, -0.05) is 12.7 Å². The molecule has 3 heterocycles. The molecule has 1 aliphatic rings. The number of anilines is 1. The zero-order valence-corrected chi connectivity index (χ0v) is 12.4. The number of H-pyrrole nitrogens is 1. The van der Waals surface area contributed by atoms with Crippen LogP contribution in [0, 0.1) is 0 Å². The Morgan fingerprint density at radius 3 is 2.91 bits per heavy atom. The van der Waals surface area contributed by atoms with Gasteiger partial charge in [0.15, 0.2) is 11.9 Å². The molecule has 0 spiro atoms. The van der Waals surface area contributed by atoms with Crippen molar-refractivity contribution in [2.45, 2.75) is 31.0 Å². The number of rotatable bonds is 3. The number of aliphatic hydroxyl groups is 3. The summed E-state index contributed by atoms with van der Waals surface area (Å²) in [5, 5.41) is 30.2. The molecule has 0 radical (unpaired) electrons. The number of aliphatic hydroxyl groups excluding tert-OH is 2. The number of nitrogens with two attached hydrogens (primary N) is 1. The third-order valence-electron chi connectivity index (χ3n) is 4.14. The van der Waals surface area contributed by atoms with Gasteiger partial charge in [-0.2, -0.15) is 4.98 Å². The first-order chi connectivity index (χ1) is 10.8. The van der Waals surface area contributed by atoms with Gasteiger partial charge in [0.05, 0.1) is 12.0 Å². The van der Waals surface area contributed by atoms with Gasteiger partial charge in [-0.25, -0.2) is 0 Å². The van der Waals surface area contributed by atoms with Crippen LogP contribution >= 0.6 is 0 Å². The Morgan fingerprint density at radius 2 is 2.35 bits per heavy atom. The molecule has 0 amide bonds. The second kappa shape index (κ2) is 5.17. The summed E-state index contributed by atoms with van der Waals surface area (Å²) in [5.74, 6) is -0.0886. The van der Waals surface area contributed by atoms with Gasteiger partial charge in [0.25, 0.3) is 5.56 Å². The van der Waals surface area contributed by atoms with Gasteiger partial charge < -0.3 is 30.4 Å². The summed E-state index contributed by atoms with van der Waals surface area (Å²) in [6.07, 6.45) is -0.319. The number of hydrogen-bond donors (Lipinski definition) is 5. The fraction of sp³-hybridized carbons (Fsp3) is 0.429. The monoisotopic (exact) mass is 322 g/mol. The molecule has 9 nitrogen and oxygen atoms in total. The highest BCUT2D eigenvalue weighted by Crippen LogP contribution is 2.40. The van der Waals surface area contributed by atoms with Crippen LogP contribution in [0.2, 0.25) is 0 Å². The molecule has 2 aromatic heterocycles. The van der Waals surface area contributed by atoms with E-state index in [0.29, 0.717) is 5.56 Å². The van der Waals surface area contributed by atoms with Crippen molar-refractivity contribution in [3.05, 3.63) is 28.7 Å². The van der Waals surface area contributed by atoms with E-state index in [9.17, 15) is 20.1 Å². The maximum absolute atomic E-state index is 12.1. The molecule has 3 rings (SSSR count). The minimum absolute atomic E-state index is 0.0886. The predicted molar refractivity (Wildman–Crippen MR) is 82.5 cm³/mol. The lowest BCUT2D eigenvalue weighted by Crippen LogP contribution is -2.44. The number of fused-ring (bicyclic) bond motifs is 1. The van der Waals surface area contributed by atoms with Gasteiger partial charge in [0.2, 0.25) is 5.95 Å². The lowest BCUT2D eigenvalue weighted by Gasteiger charge is -2.27. The fourth-order valence-electron chi connectivity index (χ4n) is 2.92. The number of hydrogen-bond acceptors (Lipinski definition) is 7. The van der Waals surface area contributed by atoms with Crippen LogP contribution in [0.5, 0.6) is 0 Å². The zero-order valence-electron chi connectivity index (χ0n) is 12.4. The lowest BCUT2D eigenvalue weighted by atomic mass is 9.96. The topological polar surface area (TPSA) is 147 Å². The van der Waals surface area contributed by atoms with Gasteiger partial charge in [-0.15, -0.1) is 0 Å². The van der Waals surface area contributed by atoms with Crippen molar-refractivity contribution < 1.29 is 20.1 Å². The van der Waals surface area contributed by atoms with E-state index in [1.807, 2.05) is 0 Å². The molecule has 6 N–H and O–H groups in total. The normalized spacial score (nSPS) is 30.9. The Bertz CT molecular complexity index is 824. The highest BCUT2D eigenvalue weighted by molar-refractivity contribution is 5.86. The first-order valence-electron chi connectivity index (χ1n) is 7.00. The highest BCUT2D eigenvalue weighted by Gasteiger charge is 2.53. The van der Waals surface area contributed by atoms with Gasteiger partial charge >= 0.3 is 0 Å². The third-order valence-corrected chi connectivity index (χ3v) is 4.14. The number of aromatic amines is 1. The quantitative estimate of drug-likeness (QED) is 0.484. The van der Waals surface area contributed by atoms with Crippen molar-refractivity contribution >= 4 is 23.1 Å². The van der Waals surface area contributed by atoms with Crippen molar-refractivity contribution in [2.75, 3.05) is 12.3 Å². The molecular weight excluding hydrogens is 304 g/mol. The summed E-state index contributed by atoms with van der Waals surface area (Å²) in [5.41, 5.74) is 4.12. The van der Waals surface area contributed by atoms with Crippen LogP contribution in [0.4, 0.5) is 5.95 Å². The van der Waals surface area contributed by atoms with E-state index in [1.54, 1.807) is 0 Å². The molecule has 0 aromatic carbocycles. The second-order valence-corrected chi connectivity index (χ2v) is 5.73. The van der Waals surface area contributed by atoms with Crippen molar-refractivity contribution in [1.29, 1.82) is 0 Å². The SMILES string of the molecule is C=Cc1cn([C@@H]2O[C@H](CO)[C@@H](O)[C@@]2(C)O)c2nc(N)[nH]c(=O)c12. The minimum Gasteiger partial charge on any atom is -0.394 e. The third kappa shape index (κ3) is 2.17. The molecule has 4 atom stereocenters. The molecule has 0 bridgehead atoms. The maximum atomic E-state index is 12.1. The molecule has 0 unspecified atom stereocenters. The lowest BCUT2D eigenvalue weighted by molar-refractivity contribution is -0.0948. The van der Waals surface area contributed by atoms with Crippen LogP contribution < -0.4 is 11.3 Å². The van der Waals surface area contributed by atoms with Crippen molar-refractivity contribution in [3.63, 3.8) is 0 Å². The van der Waals surface area contributed by atoms with Crippen LogP contribution in [-0.4, -0.2) is 54.3 Å². The first-order valence-corrected chi connectivity index (χ1v) is 7.00. The van der Waals surface area contributed by atoms with E-state index in [-0.39, 0.29) is 17.0 Å². The Balaban J connectivity index is 2.25. The van der Waals surface area contributed by atoms with Crippen molar-refractivity contribution in [2.24, 2.45) is 0 Å². The Morgan fingerprint density at radius 1 is 1.65 bits per heavy atom. The molecule has 9 heteroatoms. The van der Waals surface area contributed by atoms with Crippen LogP contribution in [0.1, 0.15) is 18.7 Å². The highest BCUT2D eigenvalue weighted by atomic mass is 16.6. The van der Waals surface area contributed by atoms with E-state index in [0.717, 1.165) is 0 Å². The Labute approximate surface area is 130 Å².